The standard InChI is InChI=1S/C17H19NO/c1-17(2,3)15-11-7-8-13(16(15)19)12-18-14-9-5-4-6-10-14/h4-12,19H,1-3H3/p-1. The van der Waals surface area contributed by atoms with Gasteiger partial charge in [0.15, 0.2) is 0 Å². The van der Waals surface area contributed by atoms with Crippen LogP contribution in [0.15, 0.2) is 53.5 Å². The molecule has 0 fully saturated rings. The summed E-state index contributed by atoms with van der Waals surface area (Å²) in [6.07, 6.45) is 1.65. The maximum Gasteiger partial charge on any atom is 0.0629 e. The van der Waals surface area contributed by atoms with Gasteiger partial charge in [0, 0.05) is 6.21 Å². The second-order valence-corrected chi connectivity index (χ2v) is 5.57. The Morgan fingerprint density at radius 3 is 2.26 bits per heavy atom. The van der Waals surface area contributed by atoms with E-state index in [1.165, 1.54) is 0 Å². The zero-order chi connectivity index (χ0) is 13.9. The molecule has 2 rings (SSSR count). The van der Waals surface area contributed by atoms with E-state index in [2.05, 4.69) is 4.99 Å². The first-order valence-electron chi connectivity index (χ1n) is 6.38. The van der Waals surface area contributed by atoms with Crippen LogP contribution < -0.4 is 5.11 Å². The number of para-hydroxylation sites is 2. The lowest BCUT2D eigenvalue weighted by Crippen LogP contribution is -2.15. The Morgan fingerprint density at radius 2 is 1.63 bits per heavy atom. The first-order valence-corrected chi connectivity index (χ1v) is 6.38. The molecule has 0 aliphatic rings. The fourth-order valence-electron chi connectivity index (χ4n) is 1.91. The van der Waals surface area contributed by atoms with Gasteiger partial charge in [0.05, 0.1) is 5.69 Å². The van der Waals surface area contributed by atoms with Crippen molar-refractivity contribution in [3.05, 3.63) is 59.7 Å². The molecular formula is C17H18NO-. The van der Waals surface area contributed by atoms with E-state index in [0.717, 1.165) is 11.3 Å². The Bertz CT molecular complexity index is 580. The molecule has 19 heavy (non-hydrogen) atoms. The third kappa shape index (κ3) is 3.22. The lowest BCUT2D eigenvalue weighted by molar-refractivity contribution is -0.270. The molecule has 0 unspecified atom stereocenters. The third-order valence-electron chi connectivity index (χ3n) is 2.96. The smallest absolute Gasteiger partial charge is 0.0629 e. The summed E-state index contributed by atoms with van der Waals surface area (Å²) in [5.74, 6) is 0.0645. The second-order valence-electron chi connectivity index (χ2n) is 5.57. The molecule has 0 aromatic heterocycles. The molecular weight excluding hydrogens is 234 g/mol. The Kier molecular flexibility index (Phi) is 3.70. The van der Waals surface area contributed by atoms with Crippen LogP contribution in [0.25, 0.3) is 0 Å². The summed E-state index contributed by atoms with van der Waals surface area (Å²) < 4.78 is 0. The molecule has 0 atom stereocenters. The van der Waals surface area contributed by atoms with Crippen molar-refractivity contribution in [1.29, 1.82) is 0 Å². The van der Waals surface area contributed by atoms with Gasteiger partial charge in [0.1, 0.15) is 0 Å². The monoisotopic (exact) mass is 252 g/mol. The predicted octanol–water partition coefficient (Wildman–Crippen LogP) is 3.81. The van der Waals surface area contributed by atoms with Crippen molar-refractivity contribution < 1.29 is 5.11 Å². The lowest BCUT2D eigenvalue weighted by Gasteiger charge is -2.27. The Labute approximate surface area is 114 Å². The van der Waals surface area contributed by atoms with Gasteiger partial charge in [-0.3, -0.25) is 4.99 Å². The number of aliphatic imine (C=N–C) groups is 1. The molecule has 0 saturated heterocycles. The van der Waals surface area contributed by atoms with Gasteiger partial charge in [-0.05, 0) is 28.7 Å². The van der Waals surface area contributed by atoms with Crippen LogP contribution in [0.5, 0.6) is 5.75 Å². The van der Waals surface area contributed by atoms with Gasteiger partial charge in [0.25, 0.3) is 0 Å². The van der Waals surface area contributed by atoms with Crippen LogP contribution in [0.4, 0.5) is 5.69 Å². The highest BCUT2D eigenvalue weighted by Gasteiger charge is 2.14. The first-order chi connectivity index (χ1) is 8.98. The normalized spacial score (nSPS) is 11.9. The van der Waals surface area contributed by atoms with E-state index in [-0.39, 0.29) is 11.2 Å². The summed E-state index contributed by atoms with van der Waals surface area (Å²) in [4.78, 5) is 4.34. The lowest BCUT2D eigenvalue weighted by atomic mass is 9.85. The zero-order valence-electron chi connectivity index (χ0n) is 11.6. The molecule has 0 aliphatic carbocycles. The van der Waals surface area contributed by atoms with Crippen LogP contribution in [0.1, 0.15) is 31.9 Å². The molecule has 2 heteroatoms. The predicted molar refractivity (Wildman–Crippen MR) is 78.3 cm³/mol. The minimum Gasteiger partial charge on any atom is -0.872 e. The van der Waals surface area contributed by atoms with Crippen molar-refractivity contribution in [2.45, 2.75) is 26.2 Å². The van der Waals surface area contributed by atoms with Gasteiger partial charge in [-0.1, -0.05) is 62.9 Å². The fourth-order valence-corrected chi connectivity index (χ4v) is 1.91. The van der Waals surface area contributed by atoms with Gasteiger partial charge in [-0.2, -0.15) is 0 Å². The van der Waals surface area contributed by atoms with Crippen LogP contribution >= 0.6 is 0 Å². The Morgan fingerprint density at radius 1 is 0.947 bits per heavy atom. The molecule has 0 saturated carbocycles. The van der Waals surface area contributed by atoms with Crippen LogP contribution in [0.3, 0.4) is 0 Å². The highest BCUT2D eigenvalue weighted by atomic mass is 16.3. The maximum absolute atomic E-state index is 12.3. The molecule has 0 N–H and O–H groups in total. The number of hydrogen-bond donors (Lipinski definition) is 0. The van der Waals surface area contributed by atoms with E-state index >= 15 is 0 Å². The quantitative estimate of drug-likeness (QED) is 0.748. The topological polar surface area (TPSA) is 35.4 Å². The van der Waals surface area contributed by atoms with Crippen molar-refractivity contribution in [1.82, 2.24) is 0 Å². The van der Waals surface area contributed by atoms with Gasteiger partial charge in [0.2, 0.25) is 0 Å². The highest BCUT2D eigenvalue weighted by Crippen LogP contribution is 2.30. The zero-order valence-corrected chi connectivity index (χ0v) is 11.6. The van der Waals surface area contributed by atoms with Gasteiger partial charge in [-0.15, -0.1) is 0 Å². The Hall–Kier alpha value is -2.09. The van der Waals surface area contributed by atoms with Crippen molar-refractivity contribution in [3.8, 4) is 5.75 Å². The summed E-state index contributed by atoms with van der Waals surface area (Å²) in [5.41, 5.74) is 2.16. The van der Waals surface area contributed by atoms with Gasteiger partial charge >= 0.3 is 0 Å². The summed E-state index contributed by atoms with van der Waals surface area (Å²) in [6, 6.07) is 15.2. The number of rotatable bonds is 2. The van der Waals surface area contributed by atoms with Crippen molar-refractivity contribution in [2.24, 2.45) is 4.99 Å². The average molecular weight is 252 g/mol. The van der Waals surface area contributed by atoms with E-state index < -0.39 is 0 Å². The molecule has 98 valence electrons. The van der Waals surface area contributed by atoms with E-state index in [9.17, 15) is 5.11 Å². The molecule has 0 spiro atoms. The molecule has 2 aromatic rings. The van der Waals surface area contributed by atoms with Crippen molar-refractivity contribution in [3.63, 3.8) is 0 Å². The van der Waals surface area contributed by atoms with Crippen LogP contribution in [0.2, 0.25) is 0 Å². The summed E-state index contributed by atoms with van der Waals surface area (Å²) in [6.45, 7) is 6.13. The molecule has 0 aliphatic heterocycles. The number of hydrogen-bond acceptors (Lipinski definition) is 2. The van der Waals surface area contributed by atoms with E-state index in [1.807, 2.05) is 69.3 Å². The Balaban J connectivity index is 2.34. The van der Waals surface area contributed by atoms with Crippen LogP contribution in [-0.4, -0.2) is 6.21 Å². The third-order valence-corrected chi connectivity index (χ3v) is 2.96. The largest absolute Gasteiger partial charge is 0.872 e. The molecule has 2 aromatic carbocycles. The maximum atomic E-state index is 12.3. The highest BCUT2D eigenvalue weighted by molar-refractivity contribution is 5.85. The SMILES string of the molecule is CC(C)(C)c1cccc(C=Nc2ccccc2)c1[O-]. The van der Waals surface area contributed by atoms with E-state index in [0.29, 0.717) is 5.56 Å². The molecule has 0 amide bonds. The van der Waals surface area contributed by atoms with Gasteiger partial charge in [-0.25, -0.2) is 0 Å². The minimum atomic E-state index is -0.145. The molecule has 0 radical (unpaired) electrons. The molecule has 0 bridgehead atoms. The summed E-state index contributed by atoms with van der Waals surface area (Å²) >= 11 is 0. The van der Waals surface area contributed by atoms with Crippen LogP contribution in [0, 0.1) is 0 Å². The first kappa shape index (κ1) is 13.3. The molecule has 0 heterocycles. The van der Waals surface area contributed by atoms with E-state index in [4.69, 9.17) is 0 Å². The number of benzene rings is 2. The number of nitrogens with zero attached hydrogens (tertiary/aromatic N) is 1. The van der Waals surface area contributed by atoms with Gasteiger partial charge < -0.3 is 5.11 Å². The minimum absolute atomic E-state index is 0.0645. The molecule has 2 nitrogen and oxygen atoms in total. The van der Waals surface area contributed by atoms with E-state index in [1.54, 1.807) is 6.21 Å². The average Bonchev–Trinajstić information content (AvgIpc) is 2.37. The van der Waals surface area contributed by atoms with Crippen LogP contribution in [-0.2, 0) is 5.41 Å². The fraction of sp³-hybridized carbons (Fsp3) is 0.235. The van der Waals surface area contributed by atoms with Crippen molar-refractivity contribution >= 4 is 11.9 Å². The second kappa shape index (κ2) is 5.27. The van der Waals surface area contributed by atoms with Crippen molar-refractivity contribution in [2.75, 3.05) is 0 Å². The summed E-state index contributed by atoms with van der Waals surface area (Å²) in [7, 11) is 0. The summed E-state index contributed by atoms with van der Waals surface area (Å²) in [5, 5.41) is 12.3.